The van der Waals surface area contributed by atoms with Gasteiger partial charge in [-0.3, -0.25) is 5.43 Å². The molecule has 0 saturated heterocycles. The van der Waals surface area contributed by atoms with Crippen LogP contribution in [0.2, 0.25) is 10.0 Å². The van der Waals surface area contributed by atoms with Crippen molar-refractivity contribution < 1.29 is 5.11 Å². The van der Waals surface area contributed by atoms with E-state index in [2.05, 4.69) is 15.8 Å². The van der Waals surface area contributed by atoms with Crippen molar-refractivity contribution in [2.45, 2.75) is 6.92 Å². The molecule has 114 valence electrons. The van der Waals surface area contributed by atoms with Gasteiger partial charge in [0, 0.05) is 5.02 Å². The van der Waals surface area contributed by atoms with Gasteiger partial charge in [-0.1, -0.05) is 23.2 Å². The number of hydrogen-bond donors (Lipinski definition) is 3. The van der Waals surface area contributed by atoms with Crippen LogP contribution in [0, 0.1) is 0 Å². The maximum absolute atomic E-state index is 9.26. The van der Waals surface area contributed by atoms with Gasteiger partial charge in [-0.25, -0.2) is 0 Å². The van der Waals surface area contributed by atoms with Crippen molar-refractivity contribution in [1.29, 1.82) is 0 Å². The highest BCUT2D eigenvalue weighted by atomic mass is 35.5. The number of rotatable bonds is 3. The summed E-state index contributed by atoms with van der Waals surface area (Å²) < 4.78 is 0. The number of halogens is 2. The Labute approximate surface area is 143 Å². The normalized spacial score (nSPS) is 11.1. The van der Waals surface area contributed by atoms with Gasteiger partial charge in [-0.15, -0.1) is 0 Å². The summed E-state index contributed by atoms with van der Waals surface area (Å²) in [7, 11) is 0. The second-order valence-electron chi connectivity index (χ2n) is 4.43. The molecular formula is C15H13Cl2N3OS. The molecule has 4 nitrogen and oxygen atoms in total. The van der Waals surface area contributed by atoms with Gasteiger partial charge in [-0.05, 0) is 67.2 Å². The van der Waals surface area contributed by atoms with E-state index in [1.165, 1.54) is 0 Å². The van der Waals surface area contributed by atoms with E-state index in [0.29, 0.717) is 20.8 Å². The van der Waals surface area contributed by atoms with Gasteiger partial charge in [0.25, 0.3) is 0 Å². The third-order valence-corrected chi connectivity index (χ3v) is 3.53. The first-order valence-electron chi connectivity index (χ1n) is 6.31. The predicted octanol–water partition coefficient (Wildman–Crippen LogP) is 4.41. The first-order chi connectivity index (χ1) is 10.5. The Hall–Kier alpha value is -1.82. The number of nitrogens with zero attached hydrogens (tertiary/aromatic N) is 1. The Bertz CT molecular complexity index is 717. The first kappa shape index (κ1) is 16.5. The number of hydrazone groups is 1. The molecule has 0 amide bonds. The molecule has 0 atom stereocenters. The van der Waals surface area contributed by atoms with Crippen LogP contribution in [0.15, 0.2) is 47.6 Å². The zero-order chi connectivity index (χ0) is 16.1. The van der Waals surface area contributed by atoms with Gasteiger partial charge in [0.05, 0.1) is 16.4 Å². The minimum absolute atomic E-state index is 0.207. The van der Waals surface area contributed by atoms with Gasteiger partial charge >= 0.3 is 0 Å². The fraction of sp³-hybridized carbons (Fsp3) is 0.0667. The maximum atomic E-state index is 9.26. The zero-order valence-electron chi connectivity index (χ0n) is 11.6. The van der Waals surface area contributed by atoms with Crippen LogP contribution in [-0.2, 0) is 0 Å². The van der Waals surface area contributed by atoms with Crippen LogP contribution in [0.1, 0.15) is 12.5 Å². The molecule has 0 spiro atoms. The highest BCUT2D eigenvalue weighted by Crippen LogP contribution is 2.25. The van der Waals surface area contributed by atoms with Gasteiger partial charge in [0.1, 0.15) is 5.75 Å². The number of phenols is 1. The lowest BCUT2D eigenvalue weighted by molar-refractivity contribution is 0.475. The van der Waals surface area contributed by atoms with Crippen molar-refractivity contribution in [2.24, 2.45) is 5.10 Å². The number of hydrogen-bond acceptors (Lipinski definition) is 3. The van der Waals surface area contributed by atoms with E-state index in [1.54, 1.807) is 42.5 Å². The molecule has 0 unspecified atom stereocenters. The van der Waals surface area contributed by atoms with E-state index < -0.39 is 0 Å². The molecule has 0 fully saturated rings. The molecule has 2 rings (SSSR count). The average Bonchev–Trinajstić information content (AvgIpc) is 2.48. The zero-order valence-corrected chi connectivity index (χ0v) is 13.9. The highest BCUT2D eigenvalue weighted by molar-refractivity contribution is 7.80. The van der Waals surface area contributed by atoms with E-state index in [4.69, 9.17) is 35.4 Å². The quantitative estimate of drug-likeness (QED) is 0.434. The molecule has 0 aromatic heterocycles. The molecule has 2 aromatic carbocycles. The van der Waals surface area contributed by atoms with Crippen LogP contribution in [-0.4, -0.2) is 15.9 Å². The number of anilines is 1. The minimum atomic E-state index is 0.207. The molecule has 22 heavy (non-hydrogen) atoms. The van der Waals surface area contributed by atoms with E-state index >= 15 is 0 Å². The van der Waals surface area contributed by atoms with Crippen molar-refractivity contribution in [3.8, 4) is 5.75 Å². The van der Waals surface area contributed by atoms with Crippen LogP contribution in [0.4, 0.5) is 5.69 Å². The summed E-state index contributed by atoms with van der Waals surface area (Å²) in [6, 6.07) is 11.8. The van der Waals surface area contributed by atoms with Crippen molar-refractivity contribution >= 4 is 51.9 Å². The lowest BCUT2D eigenvalue weighted by Gasteiger charge is -2.10. The van der Waals surface area contributed by atoms with Crippen molar-refractivity contribution in [3.63, 3.8) is 0 Å². The summed E-state index contributed by atoms with van der Waals surface area (Å²) in [6.45, 7) is 1.83. The van der Waals surface area contributed by atoms with Gasteiger partial charge < -0.3 is 10.4 Å². The van der Waals surface area contributed by atoms with Crippen LogP contribution in [0.3, 0.4) is 0 Å². The third kappa shape index (κ3) is 4.59. The second-order valence-corrected chi connectivity index (χ2v) is 5.69. The Kier molecular flexibility index (Phi) is 5.60. The van der Waals surface area contributed by atoms with Crippen LogP contribution in [0.5, 0.6) is 5.75 Å². The Morgan fingerprint density at radius 2 is 1.82 bits per heavy atom. The lowest BCUT2D eigenvalue weighted by Crippen LogP contribution is -2.25. The summed E-state index contributed by atoms with van der Waals surface area (Å²) in [4.78, 5) is 0. The SMILES string of the molecule is CC(=NNC(=S)Nc1ccc(Cl)cc1Cl)c1ccc(O)cc1. The third-order valence-electron chi connectivity index (χ3n) is 2.79. The van der Waals surface area contributed by atoms with E-state index in [9.17, 15) is 5.11 Å². The summed E-state index contributed by atoms with van der Waals surface area (Å²) in [5.74, 6) is 0.207. The van der Waals surface area contributed by atoms with Gasteiger partial charge in [-0.2, -0.15) is 5.10 Å². The van der Waals surface area contributed by atoms with E-state index in [0.717, 1.165) is 11.3 Å². The largest absolute Gasteiger partial charge is 0.508 e. The number of nitrogens with one attached hydrogen (secondary N) is 2. The molecule has 0 heterocycles. The lowest BCUT2D eigenvalue weighted by atomic mass is 10.1. The van der Waals surface area contributed by atoms with Crippen molar-refractivity contribution in [1.82, 2.24) is 5.43 Å². The summed E-state index contributed by atoms with van der Waals surface area (Å²) in [6.07, 6.45) is 0. The van der Waals surface area contributed by atoms with E-state index in [1.807, 2.05) is 6.92 Å². The standard InChI is InChI=1S/C15H13Cl2N3OS/c1-9(10-2-5-12(21)6-3-10)19-20-15(22)18-14-7-4-11(16)8-13(14)17/h2-8,21H,1H3,(H2,18,20,22). The molecule has 0 bridgehead atoms. The summed E-state index contributed by atoms with van der Waals surface area (Å²) >= 11 is 17.0. The first-order valence-corrected chi connectivity index (χ1v) is 7.48. The Morgan fingerprint density at radius 3 is 2.45 bits per heavy atom. The molecule has 7 heteroatoms. The molecule has 0 saturated carbocycles. The van der Waals surface area contributed by atoms with Crippen molar-refractivity contribution in [3.05, 3.63) is 58.1 Å². The Balaban J connectivity index is 1.99. The fourth-order valence-corrected chi connectivity index (χ4v) is 2.25. The molecule has 0 aliphatic heterocycles. The van der Waals surface area contributed by atoms with Crippen molar-refractivity contribution in [2.75, 3.05) is 5.32 Å². The van der Waals surface area contributed by atoms with Gasteiger partial charge in [0.15, 0.2) is 5.11 Å². The smallest absolute Gasteiger partial charge is 0.191 e. The predicted molar refractivity (Wildman–Crippen MR) is 96.1 cm³/mol. The van der Waals surface area contributed by atoms with Crippen LogP contribution < -0.4 is 10.7 Å². The Morgan fingerprint density at radius 1 is 1.14 bits per heavy atom. The topological polar surface area (TPSA) is 56.7 Å². The average molecular weight is 354 g/mol. The van der Waals surface area contributed by atoms with Gasteiger partial charge in [0.2, 0.25) is 0 Å². The second kappa shape index (κ2) is 7.45. The molecule has 2 aromatic rings. The number of aromatic hydroxyl groups is 1. The molecule has 0 aliphatic rings. The minimum Gasteiger partial charge on any atom is -0.508 e. The summed E-state index contributed by atoms with van der Waals surface area (Å²) in [5.41, 5.74) is 4.98. The highest BCUT2D eigenvalue weighted by Gasteiger charge is 2.03. The molecule has 3 N–H and O–H groups in total. The number of benzene rings is 2. The fourth-order valence-electron chi connectivity index (χ4n) is 1.64. The molecule has 0 radical (unpaired) electrons. The number of phenolic OH excluding ortho intramolecular Hbond substituents is 1. The van der Waals surface area contributed by atoms with Crippen LogP contribution >= 0.6 is 35.4 Å². The summed E-state index contributed by atoms with van der Waals surface area (Å²) in [5, 5.41) is 17.7. The molecule has 0 aliphatic carbocycles. The van der Waals surface area contributed by atoms with E-state index in [-0.39, 0.29) is 5.75 Å². The number of thiocarbonyl (C=S) groups is 1. The monoisotopic (exact) mass is 353 g/mol. The maximum Gasteiger partial charge on any atom is 0.191 e. The molecular weight excluding hydrogens is 341 g/mol. The van der Waals surface area contributed by atoms with Crippen LogP contribution in [0.25, 0.3) is 0 Å².